The Labute approximate surface area is 49.3 Å². The summed E-state index contributed by atoms with van der Waals surface area (Å²) >= 11 is 0. The molecule has 46 valence electrons. The van der Waals surface area contributed by atoms with E-state index < -0.39 is 0 Å². The van der Waals surface area contributed by atoms with Crippen molar-refractivity contribution in [2.75, 3.05) is 0 Å². The van der Waals surface area contributed by atoms with E-state index in [1.54, 1.807) is 13.0 Å². The zero-order chi connectivity index (χ0) is 6.57. The van der Waals surface area contributed by atoms with Crippen molar-refractivity contribution < 1.29 is 5.11 Å². The molecule has 0 aromatic carbocycles. The first-order valence-electron chi connectivity index (χ1n) is 2.46. The van der Waals surface area contributed by atoms with E-state index >= 15 is 0 Å². The van der Waals surface area contributed by atoms with Crippen molar-refractivity contribution in [2.45, 2.75) is 13.8 Å². The summed E-state index contributed by atoms with van der Waals surface area (Å²) in [5, 5.41) is 8.79. The lowest BCUT2D eigenvalue weighted by Gasteiger charge is -1.93. The normalized spacial score (nSPS) is 14.2. The van der Waals surface area contributed by atoms with Crippen LogP contribution in [0, 0.1) is 0 Å². The van der Waals surface area contributed by atoms with Gasteiger partial charge in [-0.1, -0.05) is 6.08 Å². The van der Waals surface area contributed by atoms with E-state index in [-0.39, 0.29) is 5.76 Å². The van der Waals surface area contributed by atoms with Gasteiger partial charge in [-0.25, -0.2) is 0 Å². The minimum absolute atomic E-state index is 0.146. The number of nitrogens with two attached hydrogens (primary N) is 1. The Morgan fingerprint density at radius 2 is 2.12 bits per heavy atom. The molecular formula is C6H11NO. The van der Waals surface area contributed by atoms with Gasteiger partial charge in [-0.3, -0.25) is 0 Å². The van der Waals surface area contributed by atoms with Crippen LogP contribution in [0.4, 0.5) is 0 Å². The molecule has 0 spiro atoms. The number of rotatable bonds is 1. The second kappa shape index (κ2) is 3.13. The Hall–Kier alpha value is -0.920. The topological polar surface area (TPSA) is 46.2 Å². The van der Waals surface area contributed by atoms with E-state index in [9.17, 15) is 0 Å². The predicted molar refractivity (Wildman–Crippen MR) is 34.3 cm³/mol. The Bertz CT molecular complexity index is 108. The van der Waals surface area contributed by atoms with E-state index in [0.29, 0.717) is 0 Å². The van der Waals surface area contributed by atoms with Crippen LogP contribution in [-0.4, -0.2) is 5.11 Å². The smallest absolute Gasteiger partial charge is 0.133 e. The fourth-order valence-electron chi connectivity index (χ4n) is 0.279. The van der Waals surface area contributed by atoms with Crippen molar-refractivity contribution in [3.8, 4) is 0 Å². The molecule has 0 aliphatic heterocycles. The highest BCUT2D eigenvalue weighted by Gasteiger charge is 1.89. The van der Waals surface area contributed by atoms with Crippen LogP contribution in [-0.2, 0) is 0 Å². The van der Waals surface area contributed by atoms with Gasteiger partial charge >= 0.3 is 0 Å². The van der Waals surface area contributed by atoms with Crippen LogP contribution in [0.25, 0.3) is 0 Å². The summed E-state index contributed by atoms with van der Waals surface area (Å²) < 4.78 is 0. The molecule has 0 aliphatic rings. The molecule has 0 radical (unpaired) electrons. The fraction of sp³-hybridized carbons (Fsp3) is 0.333. The third kappa shape index (κ3) is 1.69. The SMILES string of the molecule is C/C=C(C)\C(O)=C/N. The molecule has 0 fully saturated rings. The molecule has 0 aromatic rings. The van der Waals surface area contributed by atoms with Crippen LogP contribution in [0.3, 0.4) is 0 Å². The molecule has 0 unspecified atom stereocenters. The molecule has 2 nitrogen and oxygen atoms in total. The van der Waals surface area contributed by atoms with Gasteiger partial charge in [0.25, 0.3) is 0 Å². The highest BCUT2D eigenvalue weighted by atomic mass is 16.3. The van der Waals surface area contributed by atoms with E-state index in [2.05, 4.69) is 0 Å². The largest absolute Gasteiger partial charge is 0.506 e. The Kier molecular flexibility index (Phi) is 2.77. The zero-order valence-electron chi connectivity index (χ0n) is 5.18. The third-order valence-corrected chi connectivity index (χ3v) is 0.995. The molecule has 0 heterocycles. The van der Waals surface area contributed by atoms with Gasteiger partial charge in [0.05, 0.1) is 0 Å². The minimum Gasteiger partial charge on any atom is -0.506 e. The van der Waals surface area contributed by atoms with Crippen molar-refractivity contribution in [1.29, 1.82) is 0 Å². The molecule has 0 bridgehead atoms. The molecule has 0 atom stereocenters. The first-order valence-corrected chi connectivity index (χ1v) is 2.46. The maximum Gasteiger partial charge on any atom is 0.133 e. The molecule has 0 rings (SSSR count). The summed E-state index contributed by atoms with van der Waals surface area (Å²) in [5.74, 6) is 0.146. The zero-order valence-corrected chi connectivity index (χ0v) is 5.18. The fourth-order valence-corrected chi connectivity index (χ4v) is 0.279. The Balaban J connectivity index is 4.04. The quantitative estimate of drug-likeness (QED) is 0.398. The van der Waals surface area contributed by atoms with Crippen LogP contribution in [0.2, 0.25) is 0 Å². The predicted octanol–water partition coefficient (Wildman–Crippen LogP) is 1.31. The van der Waals surface area contributed by atoms with Gasteiger partial charge in [0, 0.05) is 6.20 Å². The number of hydrogen-bond acceptors (Lipinski definition) is 2. The van der Waals surface area contributed by atoms with Gasteiger partial charge in [-0.15, -0.1) is 0 Å². The molecule has 2 heteroatoms. The number of aliphatic hydroxyl groups excluding tert-OH is 1. The van der Waals surface area contributed by atoms with E-state index in [1.807, 2.05) is 6.92 Å². The number of aliphatic hydroxyl groups is 1. The maximum absolute atomic E-state index is 8.79. The van der Waals surface area contributed by atoms with Crippen molar-refractivity contribution >= 4 is 0 Å². The summed E-state index contributed by atoms with van der Waals surface area (Å²) in [5.41, 5.74) is 5.79. The summed E-state index contributed by atoms with van der Waals surface area (Å²) in [7, 11) is 0. The first-order chi connectivity index (χ1) is 3.72. The van der Waals surface area contributed by atoms with Crippen molar-refractivity contribution in [3.63, 3.8) is 0 Å². The first kappa shape index (κ1) is 7.08. The highest BCUT2D eigenvalue weighted by Crippen LogP contribution is 2.00. The number of allylic oxidation sites excluding steroid dienone is 2. The molecule has 3 N–H and O–H groups in total. The van der Waals surface area contributed by atoms with Gasteiger partial charge in [-0.2, -0.15) is 0 Å². The van der Waals surface area contributed by atoms with Crippen LogP contribution in [0.5, 0.6) is 0 Å². The molecule has 0 aliphatic carbocycles. The molecular weight excluding hydrogens is 102 g/mol. The van der Waals surface area contributed by atoms with Crippen LogP contribution in [0.15, 0.2) is 23.6 Å². The Morgan fingerprint density at radius 3 is 2.25 bits per heavy atom. The van der Waals surface area contributed by atoms with Gasteiger partial charge in [-0.05, 0) is 19.4 Å². The number of hydrogen-bond donors (Lipinski definition) is 2. The average Bonchev–Trinajstić information content (AvgIpc) is 1.84. The lowest BCUT2D eigenvalue weighted by Crippen LogP contribution is -1.88. The molecule has 0 aromatic heterocycles. The van der Waals surface area contributed by atoms with Crippen LogP contribution in [0.1, 0.15) is 13.8 Å². The molecule has 0 saturated heterocycles. The second-order valence-electron chi connectivity index (χ2n) is 1.52. The molecule has 0 saturated carbocycles. The van der Waals surface area contributed by atoms with Gasteiger partial charge in [0.2, 0.25) is 0 Å². The minimum atomic E-state index is 0.146. The summed E-state index contributed by atoms with van der Waals surface area (Å²) in [6.45, 7) is 3.63. The van der Waals surface area contributed by atoms with Crippen molar-refractivity contribution in [3.05, 3.63) is 23.6 Å². The lowest BCUT2D eigenvalue weighted by atomic mass is 10.2. The van der Waals surface area contributed by atoms with E-state index in [4.69, 9.17) is 10.8 Å². The summed E-state index contributed by atoms with van der Waals surface area (Å²) in [6, 6.07) is 0. The monoisotopic (exact) mass is 113 g/mol. The standard InChI is InChI=1S/C6H11NO/c1-3-5(2)6(8)4-7/h3-4,8H,7H2,1-2H3/b5-3-,6-4+. The average molecular weight is 113 g/mol. The van der Waals surface area contributed by atoms with Gasteiger partial charge in [0.1, 0.15) is 5.76 Å². The summed E-state index contributed by atoms with van der Waals surface area (Å²) in [4.78, 5) is 0. The van der Waals surface area contributed by atoms with Crippen molar-refractivity contribution in [1.82, 2.24) is 0 Å². The maximum atomic E-state index is 8.79. The van der Waals surface area contributed by atoms with E-state index in [0.717, 1.165) is 5.57 Å². The highest BCUT2D eigenvalue weighted by molar-refractivity contribution is 5.20. The summed E-state index contributed by atoms with van der Waals surface area (Å²) in [6.07, 6.45) is 2.97. The van der Waals surface area contributed by atoms with Crippen molar-refractivity contribution in [2.24, 2.45) is 5.73 Å². The lowest BCUT2D eigenvalue weighted by molar-refractivity contribution is 0.421. The van der Waals surface area contributed by atoms with Crippen LogP contribution < -0.4 is 5.73 Å². The van der Waals surface area contributed by atoms with E-state index in [1.165, 1.54) is 6.20 Å². The Morgan fingerprint density at radius 1 is 1.62 bits per heavy atom. The van der Waals surface area contributed by atoms with Gasteiger partial charge in [0.15, 0.2) is 0 Å². The molecule has 0 amide bonds. The third-order valence-electron chi connectivity index (χ3n) is 0.995. The second-order valence-corrected chi connectivity index (χ2v) is 1.52. The van der Waals surface area contributed by atoms with Crippen LogP contribution >= 0.6 is 0 Å². The van der Waals surface area contributed by atoms with Gasteiger partial charge < -0.3 is 10.8 Å². The molecule has 8 heavy (non-hydrogen) atoms.